The molecule has 6 nitrogen and oxygen atoms in total. The van der Waals surface area contributed by atoms with Gasteiger partial charge in [0.05, 0.1) is 0 Å². The second-order valence-corrected chi connectivity index (χ2v) is 5.97. The average molecular weight is 282 g/mol. The van der Waals surface area contributed by atoms with Crippen LogP contribution >= 0.6 is 0 Å². The molecule has 1 rings (SSSR count). The fraction of sp³-hybridized carbons (Fsp3) is 0.500. The van der Waals surface area contributed by atoms with Crippen molar-refractivity contribution in [3.8, 4) is 6.07 Å². The highest BCUT2D eigenvalue weighted by molar-refractivity contribution is 7.89. The number of nitriles is 1. The van der Waals surface area contributed by atoms with Gasteiger partial charge in [0.15, 0.2) is 0 Å². The first-order valence-corrected chi connectivity index (χ1v) is 7.51. The third-order valence-electron chi connectivity index (χ3n) is 3.26. The Labute approximate surface area is 113 Å². The molecule has 0 saturated carbocycles. The van der Waals surface area contributed by atoms with Gasteiger partial charge >= 0.3 is 0 Å². The molecular weight excluding hydrogens is 264 g/mol. The topological polar surface area (TPSA) is 109 Å². The number of nitrogens with zero attached hydrogens (tertiary/aromatic N) is 2. The molecule has 0 saturated heterocycles. The van der Waals surface area contributed by atoms with E-state index in [1.165, 1.54) is 18.3 Å². The Morgan fingerprint density at radius 3 is 2.42 bits per heavy atom. The van der Waals surface area contributed by atoms with Crippen LogP contribution in [0, 0.1) is 11.3 Å². The monoisotopic (exact) mass is 282 g/mol. The van der Waals surface area contributed by atoms with Gasteiger partial charge < -0.3 is 5.73 Å². The molecule has 0 bridgehead atoms. The van der Waals surface area contributed by atoms with E-state index in [9.17, 15) is 8.42 Å². The second kappa shape index (κ2) is 6.10. The lowest BCUT2D eigenvalue weighted by molar-refractivity contribution is 0.363. The molecule has 0 radical (unpaired) electrons. The standard InChI is InChI=1S/C12H18N4O2S/c1-3-12(4-2,9-14)16-19(17,18)11-6-5-10(7-13)15-8-11/h5-6,8,16H,3-4,9,14H2,1-2H3. The number of rotatable bonds is 6. The van der Waals surface area contributed by atoms with E-state index >= 15 is 0 Å². The van der Waals surface area contributed by atoms with Gasteiger partial charge in [0.1, 0.15) is 16.7 Å². The van der Waals surface area contributed by atoms with Crippen LogP contribution in [-0.2, 0) is 10.0 Å². The Kier molecular flexibility index (Phi) is 5.00. The van der Waals surface area contributed by atoms with E-state index in [0.717, 1.165) is 0 Å². The van der Waals surface area contributed by atoms with E-state index in [-0.39, 0.29) is 17.1 Å². The van der Waals surface area contributed by atoms with Crippen molar-refractivity contribution in [3.63, 3.8) is 0 Å². The van der Waals surface area contributed by atoms with E-state index in [2.05, 4.69) is 9.71 Å². The van der Waals surface area contributed by atoms with E-state index in [0.29, 0.717) is 12.8 Å². The summed E-state index contributed by atoms with van der Waals surface area (Å²) in [5.74, 6) is 0. The van der Waals surface area contributed by atoms with Crippen molar-refractivity contribution < 1.29 is 8.42 Å². The maximum absolute atomic E-state index is 12.2. The Hall–Kier alpha value is -1.49. The van der Waals surface area contributed by atoms with Gasteiger partial charge in [0, 0.05) is 18.3 Å². The summed E-state index contributed by atoms with van der Waals surface area (Å²) in [4.78, 5) is 3.79. The van der Waals surface area contributed by atoms with Crippen LogP contribution in [0.1, 0.15) is 32.4 Å². The molecule has 1 aromatic heterocycles. The molecule has 7 heteroatoms. The van der Waals surface area contributed by atoms with Gasteiger partial charge in [-0.2, -0.15) is 5.26 Å². The summed E-state index contributed by atoms with van der Waals surface area (Å²) in [6.45, 7) is 3.99. The molecule has 0 aliphatic carbocycles. The van der Waals surface area contributed by atoms with Crippen molar-refractivity contribution in [1.29, 1.82) is 5.26 Å². The fourth-order valence-corrected chi connectivity index (χ4v) is 3.17. The zero-order chi connectivity index (χ0) is 14.5. The highest BCUT2D eigenvalue weighted by atomic mass is 32.2. The summed E-state index contributed by atoms with van der Waals surface area (Å²) in [7, 11) is -3.68. The zero-order valence-corrected chi connectivity index (χ0v) is 11.9. The average Bonchev–Trinajstić information content (AvgIpc) is 2.45. The van der Waals surface area contributed by atoms with Crippen LogP contribution in [-0.4, -0.2) is 25.5 Å². The van der Waals surface area contributed by atoms with Gasteiger partial charge in [-0.05, 0) is 25.0 Å². The summed E-state index contributed by atoms with van der Waals surface area (Å²) in [5.41, 5.74) is 5.20. The Morgan fingerprint density at radius 2 is 2.05 bits per heavy atom. The van der Waals surface area contributed by atoms with Crippen LogP contribution in [0.5, 0.6) is 0 Å². The minimum Gasteiger partial charge on any atom is -0.329 e. The normalized spacial score (nSPS) is 12.1. The van der Waals surface area contributed by atoms with Gasteiger partial charge in [0.25, 0.3) is 0 Å². The molecule has 0 aliphatic heterocycles. The SMILES string of the molecule is CCC(CC)(CN)NS(=O)(=O)c1ccc(C#N)nc1. The molecule has 19 heavy (non-hydrogen) atoms. The van der Waals surface area contributed by atoms with Crippen molar-refractivity contribution in [2.24, 2.45) is 5.73 Å². The van der Waals surface area contributed by atoms with Gasteiger partial charge in [-0.1, -0.05) is 13.8 Å². The number of hydrogen-bond donors (Lipinski definition) is 2. The number of nitrogens with one attached hydrogen (secondary N) is 1. The highest BCUT2D eigenvalue weighted by Crippen LogP contribution is 2.18. The lowest BCUT2D eigenvalue weighted by atomic mass is 9.95. The third-order valence-corrected chi connectivity index (χ3v) is 4.82. The van der Waals surface area contributed by atoms with Crippen molar-refractivity contribution in [2.75, 3.05) is 6.54 Å². The molecule has 1 aromatic rings. The van der Waals surface area contributed by atoms with Crippen LogP contribution in [0.15, 0.2) is 23.2 Å². The minimum atomic E-state index is -3.68. The molecule has 104 valence electrons. The van der Waals surface area contributed by atoms with Crippen molar-refractivity contribution >= 4 is 10.0 Å². The highest BCUT2D eigenvalue weighted by Gasteiger charge is 2.30. The summed E-state index contributed by atoms with van der Waals surface area (Å²) >= 11 is 0. The van der Waals surface area contributed by atoms with Crippen LogP contribution in [0.3, 0.4) is 0 Å². The van der Waals surface area contributed by atoms with Crippen LogP contribution in [0.25, 0.3) is 0 Å². The van der Waals surface area contributed by atoms with Crippen molar-refractivity contribution in [3.05, 3.63) is 24.0 Å². The molecule has 0 unspecified atom stereocenters. The van der Waals surface area contributed by atoms with Crippen LogP contribution in [0.4, 0.5) is 0 Å². The summed E-state index contributed by atoms with van der Waals surface area (Å²) in [5, 5.41) is 8.64. The summed E-state index contributed by atoms with van der Waals surface area (Å²) in [6.07, 6.45) is 2.37. The number of nitrogens with two attached hydrogens (primary N) is 1. The minimum absolute atomic E-state index is 0.0335. The van der Waals surface area contributed by atoms with Gasteiger partial charge in [-0.15, -0.1) is 0 Å². The van der Waals surface area contributed by atoms with Crippen molar-refractivity contribution in [2.45, 2.75) is 37.1 Å². The van der Waals surface area contributed by atoms with Gasteiger partial charge in [-0.3, -0.25) is 0 Å². The van der Waals surface area contributed by atoms with Gasteiger partial charge in [0.2, 0.25) is 10.0 Å². The van der Waals surface area contributed by atoms with E-state index in [1.807, 2.05) is 19.9 Å². The van der Waals surface area contributed by atoms with E-state index in [4.69, 9.17) is 11.0 Å². The Morgan fingerprint density at radius 1 is 1.42 bits per heavy atom. The molecule has 0 aliphatic rings. The van der Waals surface area contributed by atoms with Crippen molar-refractivity contribution in [1.82, 2.24) is 9.71 Å². The Bertz CT molecular complexity index is 548. The molecule has 1 heterocycles. The molecular formula is C12H18N4O2S. The predicted octanol–water partition coefficient (Wildman–Crippen LogP) is 0.749. The molecule has 3 N–H and O–H groups in total. The molecule has 0 aromatic carbocycles. The first kappa shape index (κ1) is 15.6. The zero-order valence-electron chi connectivity index (χ0n) is 11.0. The fourth-order valence-electron chi connectivity index (χ4n) is 1.67. The second-order valence-electron chi connectivity index (χ2n) is 4.29. The van der Waals surface area contributed by atoms with E-state index in [1.54, 1.807) is 0 Å². The molecule has 0 fully saturated rings. The number of hydrogen-bond acceptors (Lipinski definition) is 5. The largest absolute Gasteiger partial charge is 0.329 e. The lowest BCUT2D eigenvalue weighted by Crippen LogP contribution is -2.52. The quantitative estimate of drug-likeness (QED) is 0.800. The van der Waals surface area contributed by atoms with Gasteiger partial charge in [-0.25, -0.2) is 18.1 Å². The molecule has 0 spiro atoms. The maximum Gasteiger partial charge on any atom is 0.242 e. The lowest BCUT2D eigenvalue weighted by Gasteiger charge is -2.30. The number of aromatic nitrogens is 1. The number of sulfonamides is 1. The maximum atomic E-state index is 12.2. The first-order chi connectivity index (χ1) is 8.93. The smallest absolute Gasteiger partial charge is 0.242 e. The molecule has 0 atom stereocenters. The summed E-state index contributed by atoms with van der Waals surface area (Å²) < 4.78 is 27.1. The Balaban J connectivity index is 3.07. The first-order valence-electron chi connectivity index (χ1n) is 6.03. The van der Waals surface area contributed by atoms with E-state index < -0.39 is 15.6 Å². The third kappa shape index (κ3) is 3.50. The van der Waals surface area contributed by atoms with Crippen LogP contribution < -0.4 is 10.5 Å². The summed E-state index contributed by atoms with van der Waals surface area (Å²) in [6, 6.07) is 4.57. The molecule has 0 amide bonds. The number of pyridine rings is 1. The predicted molar refractivity (Wildman–Crippen MR) is 71.6 cm³/mol. The van der Waals surface area contributed by atoms with Crippen LogP contribution in [0.2, 0.25) is 0 Å².